The van der Waals surface area contributed by atoms with Gasteiger partial charge >= 0.3 is 0 Å². The maximum Gasteiger partial charge on any atom is 0.255 e. The lowest BCUT2D eigenvalue weighted by Gasteiger charge is -2.22. The summed E-state index contributed by atoms with van der Waals surface area (Å²) in [5, 5.41) is 0. The molecule has 1 fully saturated rings. The van der Waals surface area contributed by atoms with Crippen LogP contribution in [-0.4, -0.2) is 47.8 Å². The molecule has 2 rings (SSSR count). The maximum absolute atomic E-state index is 12.6. The standard InChI is InChI=1S/C15H19BrN2O2/c1-11-4-5-14(16)13(10-11)15(20)18-7-3-6-17(8-9-18)12(2)19/h4-5,10H,3,6-9H2,1-2H3. The molecule has 0 N–H and O–H groups in total. The number of carbonyl (C=O) groups excluding carboxylic acids is 2. The highest BCUT2D eigenvalue weighted by atomic mass is 79.9. The molecule has 1 saturated heterocycles. The summed E-state index contributed by atoms with van der Waals surface area (Å²) in [6.07, 6.45) is 0.828. The fourth-order valence-electron chi connectivity index (χ4n) is 2.41. The van der Waals surface area contributed by atoms with E-state index >= 15 is 0 Å². The molecule has 0 bridgehead atoms. The maximum atomic E-state index is 12.6. The number of carbonyl (C=O) groups is 2. The first-order valence-electron chi connectivity index (χ1n) is 6.80. The van der Waals surface area contributed by atoms with Gasteiger partial charge < -0.3 is 9.80 Å². The lowest BCUT2D eigenvalue weighted by molar-refractivity contribution is -0.128. The number of hydrogen-bond acceptors (Lipinski definition) is 2. The van der Waals surface area contributed by atoms with Gasteiger partial charge in [0.1, 0.15) is 0 Å². The zero-order chi connectivity index (χ0) is 14.7. The Kier molecular flexibility index (Phi) is 4.81. The van der Waals surface area contributed by atoms with Crippen LogP contribution in [0.15, 0.2) is 22.7 Å². The van der Waals surface area contributed by atoms with E-state index in [1.807, 2.05) is 30.0 Å². The number of rotatable bonds is 1. The van der Waals surface area contributed by atoms with Crippen LogP contribution in [-0.2, 0) is 4.79 Å². The first kappa shape index (κ1) is 15.0. The van der Waals surface area contributed by atoms with Crippen LogP contribution in [0.2, 0.25) is 0 Å². The smallest absolute Gasteiger partial charge is 0.255 e. The van der Waals surface area contributed by atoms with Gasteiger partial charge in [-0.05, 0) is 41.4 Å². The fourth-order valence-corrected chi connectivity index (χ4v) is 2.83. The van der Waals surface area contributed by atoms with Crippen molar-refractivity contribution in [1.29, 1.82) is 0 Å². The first-order valence-corrected chi connectivity index (χ1v) is 7.59. The monoisotopic (exact) mass is 338 g/mol. The molecule has 4 nitrogen and oxygen atoms in total. The number of nitrogens with zero attached hydrogens (tertiary/aromatic N) is 2. The van der Waals surface area contributed by atoms with Crippen molar-refractivity contribution >= 4 is 27.7 Å². The van der Waals surface area contributed by atoms with E-state index in [4.69, 9.17) is 0 Å². The minimum absolute atomic E-state index is 0.0333. The molecule has 0 atom stereocenters. The molecule has 1 heterocycles. The number of amides is 2. The van der Waals surface area contributed by atoms with E-state index in [9.17, 15) is 9.59 Å². The molecule has 1 aromatic rings. The van der Waals surface area contributed by atoms with Crippen LogP contribution in [0, 0.1) is 6.92 Å². The zero-order valence-corrected chi connectivity index (χ0v) is 13.4. The van der Waals surface area contributed by atoms with Crippen LogP contribution >= 0.6 is 15.9 Å². The summed E-state index contributed by atoms with van der Waals surface area (Å²) >= 11 is 3.44. The van der Waals surface area contributed by atoms with Gasteiger partial charge in [-0.15, -0.1) is 0 Å². The molecule has 1 aliphatic heterocycles. The van der Waals surface area contributed by atoms with E-state index in [0.29, 0.717) is 25.2 Å². The number of hydrogen-bond donors (Lipinski definition) is 0. The predicted molar refractivity (Wildman–Crippen MR) is 81.7 cm³/mol. The quantitative estimate of drug-likeness (QED) is 0.789. The van der Waals surface area contributed by atoms with E-state index in [0.717, 1.165) is 23.0 Å². The molecular formula is C15H19BrN2O2. The Morgan fingerprint density at radius 3 is 2.45 bits per heavy atom. The highest BCUT2D eigenvalue weighted by Crippen LogP contribution is 2.20. The van der Waals surface area contributed by atoms with Crippen molar-refractivity contribution in [3.63, 3.8) is 0 Å². The molecule has 2 amide bonds. The van der Waals surface area contributed by atoms with Gasteiger partial charge in [0, 0.05) is 37.6 Å². The molecule has 0 radical (unpaired) electrons. The largest absolute Gasteiger partial charge is 0.341 e. The second kappa shape index (κ2) is 6.39. The van der Waals surface area contributed by atoms with Gasteiger partial charge in [0.25, 0.3) is 5.91 Å². The van der Waals surface area contributed by atoms with Crippen molar-refractivity contribution in [2.24, 2.45) is 0 Å². The minimum atomic E-state index is 0.0333. The molecule has 0 unspecified atom stereocenters. The van der Waals surface area contributed by atoms with Crippen molar-refractivity contribution < 1.29 is 9.59 Å². The van der Waals surface area contributed by atoms with Gasteiger partial charge in [0.15, 0.2) is 0 Å². The molecule has 5 heteroatoms. The summed E-state index contributed by atoms with van der Waals surface area (Å²) in [5.74, 6) is 0.113. The average molecular weight is 339 g/mol. The molecule has 0 spiro atoms. The lowest BCUT2D eigenvalue weighted by atomic mass is 10.1. The van der Waals surface area contributed by atoms with E-state index in [-0.39, 0.29) is 11.8 Å². The summed E-state index contributed by atoms with van der Waals surface area (Å²) in [6.45, 7) is 6.19. The Balaban J connectivity index is 2.13. The van der Waals surface area contributed by atoms with Crippen LogP contribution in [0.4, 0.5) is 0 Å². The van der Waals surface area contributed by atoms with Crippen LogP contribution in [0.1, 0.15) is 29.3 Å². The molecule has 0 aromatic heterocycles. The predicted octanol–water partition coefficient (Wildman–Crippen LogP) is 2.45. The zero-order valence-electron chi connectivity index (χ0n) is 11.9. The normalized spacial score (nSPS) is 15.9. The van der Waals surface area contributed by atoms with Crippen molar-refractivity contribution in [2.75, 3.05) is 26.2 Å². The lowest BCUT2D eigenvalue weighted by Crippen LogP contribution is -2.36. The van der Waals surface area contributed by atoms with Gasteiger partial charge in [0.2, 0.25) is 5.91 Å². The van der Waals surface area contributed by atoms with Crippen LogP contribution in [0.25, 0.3) is 0 Å². The summed E-state index contributed by atoms with van der Waals surface area (Å²) in [5.41, 5.74) is 1.76. The van der Waals surface area contributed by atoms with E-state index < -0.39 is 0 Å². The molecule has 0 aliphatic carbocycles. The van der Waals surface area contributed by atoms with Crippen LogP contribution in [0.3, 0.4) is 0 Å². The van der Waals surface area contributed by atoms with Crippen molar-refractivity contribution in [1.82, 2.24) is 9.80 Å². The summed E-state index contributed by atoms with van der Waals surface area (Å²) in [7, 11) is 0. The molecule has 1 aromatic carbocycles. The second-order valence-electron chi connectivity index (χ2n) is 5.14. The minimum Gasteiger partial charge on any atom is -0.341 e. The van der Waals surface area contributed by atoms with E-state index in [1.54, 1.807) is 11.8 Å². The average Bonchev–Trinajstić information content (AvgIpc) is 2.66. The van der Waals surface area contributed by atoms with Crippen molar-refractivity contribution in [2.45, 2.75) is 20.3 Å². The Morgan fingerprint density at radius 1 is 1.10 bits per heavy atom. The molecule has 108 valence electrons. The van der Waals surface area contributed by atoms with E-state index in [2.05, 4.69) is 15.9 Å². The SMILES string of the molecule is CC(=O)N1CCCN(C(=O)c2cc(C)ccc2Br)CC1. The summed E-state index contributed by atoms with van der Waals surface area (Å²) in [4.78, 5) is 27.6. The van der Waals surface area contributed by atoms with Crippen molar-refractivity contribution in [3.05, 3.63) is 33.8 Å². The van der Waals surface area contributed by atoms with Crippen LogP contribution in [0.5, 0.6) is 0 Å². The molecule has 20 heavy (non-hydrogen) atoms. The van der Waals surface area contributed by atoms with Gasteiger partial charge in [0.05, 0.1) is 5.56 Å². The van der Waals surface area contributed by atoms with Crippen molar-refractivity contribution in [3.8, 4) is 0 Å². The Morgan fingerprint density at radius 2 is 1.75 bits per heavy atom. The number of halogens is 1. The Hall–Kier alpha value is -1.36. The molecule has 1 aliphatic rings. The van der Waals surface area contributed by atoms with Gasteiger partial charge in [-0.1, -0.05) is 11.6 Å². The van der Waals surface area contributed by atoms with E-state index in [1.165, 1.54) is 0 Å². The van der Waals surface area contributed by atoms with Gasteiger partial charge in [-0.3, -0.25) is 9.59 Å². The van der Waals surface area contributed by atoms with Gasteiger partial charge in [-0.25, -0.2) is 0 Å². The summed E-state index contributed by atoms with van der Waals surface area (Å²) < 4.78 is 0.820. The number of aryl methyl sites for hydroxylation is 1. The molecular weight excluding hydrogens is 320 g/mol. The second-order valence-corrected chi connectivity index (χ2v) is 5.99. The highest BCUT2D eigenvalue weighted by molar-refractivity contribution is 9.10. The Bertz CT molecular complexity index is 531. The third-order valence-corrected chi connectivity index (χ3v) is 4.27. The molecule has 0 saturated carbocycles. The van der Waals surface area contributed by atoms with Gasteiger partial charge in [-0.2, -0.15) is 0 Å². The topological polar surface area (TPSA) is 40.6 Å². The summed E-state index contributed by atoms with van der Waals surface area (Å²) in [6, 6.07) is 5.78. The number of benzene rings is 1. The third-order valence-electron chi connectivity index (χ3n) is 3.58. The fraction of sp³-hybridized carbons (Fsp3) is 0.467. The highest BCUT2D eigenvalue weighted by Gasteiger charge is 2.22. The first-order chi connectivity index (χ1) is 9.49. The third kappa shape index (κ3) is 3.39. The Labute approximate surface area is 127 Å². The van der Waals surface area contributed by atoms with Crippen LogP contribution < -0.4 is 0 Å².